The Bertz CT molecular complexity index is 230. The van der Waals surface area contributed by atoms with Crippen LogP contribution in [-0.2, 0) is 0 Å². The molecule has 2 aliphatic carbocycles. The van der Waals surface area contributed by atoms with Gasteiger partial charge in [0.05, 0.1) is 12.2 Å². The lowest BCUT2D eigenvalue weighted by Gasteiger charge is -2.31. The van der Waals surface area contributed by atoms with Gasteiger partial charge < -0.3 is 10.2 Å². The second-order valence-electron chi connectivity index (χ2n) is 4.70. The monoisotopic (exact) mass is 182 g/mol. The molecule has 0 saturated heterocycles. The number of hydrogen-bond donors (Lipinski definition) is 2. The van der Waals surface area contributed by atoms with Gasteiger partial charge in [-0.15, -0.1) is 0 Å². The van der Waals surface area contributed by atoms with Crippen LogP contribution in [0.15, 0.2) is 11.6 Å². The molecule has 2 N–H and O–H groups in total. The Hall–Kier alpha value is -0.340. The Labute approximate surface area is 79.3 Å². The van der Waals surface area contributed by atoms with E-state index in [4.69, 9.17) is 5.11 Å². The van der Waals surface area contributed by atoms with Crippen LogP contribution in [0.4, 0.5) is 0 Å². The normalized spacial score (nSPS) is 44.4. The van der Waals surface area contributed by atoms with Gasteiger partial charge in [0.2, 0.25) is 0 Å². The van der Waals surface area contributed by atoms with Gasteiger partial charge in [0.1, 0.15) is 0 Å². The zero-order chi connectivity index (χ0) is 9.47. The summed E-state index contributed by atoms with van der Waals surface area (Å²) in [4.78, 5) is 0. The Morgan fingerprint density at radius 1 is 1.54 bits per heavy atom. The van der Waals surface area contributed by atoms with Crippen molar-refractivity contribution in [1.29, 1.82) is 0 Å². The summed E-state index contributed by atoms with van der Waals surface area (Å²) in [5.74, 6) is 0.952. The predicted octanol–water partition coefficient (Wildman–Crippen LogP) is 1.48. The maximum Gasteiger partial charge on any atom is 0.0684 e. The highest BCUT2D eigenvalue weighted by Crippen LogP contribution is 2.46. The first-order chi connectivity index (χ1) is 6.13. The molecule has 0 radical (unpaired) electrons. The maximum atomic E-state index is 10.1. The third-order valence-corrected chi connectivity index (χ3v) is 3.70. The standard InChI is InChI=1S/C11H18O2/c1-11(13)5-4-9-3-2-8(7-12)6-10(9)11/h6,9-10,12-13H,2-5,7H2,1H3/t9-,10-,11-/m0/s1. The SMILES string of the molecule is C[C@]1(O)CC[C@@H]2CCC(CO)=C[C@@H]21. The molecule has 74 valence electrons. The molecule has 0 spiro atoms. The van der Waals surface area contributed by atoms with Crippen LogP contribution >= 0.6 is 0 Å². The van der Waals surface area contributed by atoms with E-state index < -0.39 is 5.60 Å². The van der Waals surface area contributed by atoms with Gasteiger partial charge in [-0.3, -0.25) is 0 Å². The minimum Gasteiger partial charge on any atom is -0.392 e. The van der Waals surface area contributed by atoms with Gasteiger partial charge in [0, 0.05) is 5.92 Å². The number of aliphatic hydroxyl groups excluding tert-OH is 1. The summed E-state index contributed by atoms with van der Waals surface area (Å²) in [6, 6.07) is 0. The van der Waals surface area contributed by atoms with Gasteiger partial charge in [-0.2, -0.15) is 0 Å². The van der Waals surface area contributed by atoms with Crippen molar-refractivity contribution in [1.82, 2.24) is 0 Å². The number of fused-ring (bicyclic) bond motifs is 1. The fourth-order valence-electron chi connectivity index (χ4n) is 2.81. The van der Waals surface area contributed by atoms with E-state index in [2.05, 4.69) is 6.08 Å². The zero-order valence-electron chi connectivity index (χ0n) is 8.16. The van der Waals surface area contributed by atoms with E-state index in [0.29, 0.717) is 11.8 Å². The van der Waals surface area contributed by atoms with Gasteiger partial charge in [0.25, 0.3) is 0 Å². The van der Waals surface area contributed by atoms with Crippen molar-refractivity contribution in [3.05, 3.63) is 11.6 Å². The highest BCUT2D eigenvalue weighted by Gasteiger charge is 2.43. The van der Waals surface area contributed by atoms with Crippen LogP contribution in [0.5, 0.6) is 0 Å². The molecular formula is C11H18O2. The van der Waals surface area contributed by atoms with Crippen molar-refractivity contribution in [2.75, 3.05) is 6.61 Å². The largest absolute Gasteiger partial charge is 0.392 e. The van der Waals surface area contributed by atoms with Gasteiger partial charge in [0.15, 0.2) is 0 Å². The van der Waals surface area contributed by atoms with Gasteiger partial charge >= 0.3 is 0 Å². The first-order valence-electron chi connectivity index (χ1n) is 5.16. The number of aliphatic hydroxyl groups is 2. The van der Waals surface area contributed by atoms with E-state index in [0.717, 1.165) is 31.3 Å². The minimum absolute atomic E-state index is 0.166. The molecule has 13 heavy (non-hydrogen) atoms. The van der Waals surface area contributed by atoms with Crippen molar-refractivity contribution in [2.45, 2.75) is 38.2 Å². The van der Waals surface area contributed by atoms with E-state index in [1.807, 2.05) is 6.92 Å². The molecular weight excluding hydrogens is 164 g/mol. The van der Waals surface area contributed by atoms with E-state index in [1.165, 1.54) is 0 Å². The molecule has 2 rings (SSSR count). The molecule has 1 saturated carbocycles. The molecule has 2 nitrogen and oxygen atoms in total. The van der Waals surface area contributed by atoms with Crippen LogP contribution in [0.3, 0.4) is 0 Å². The molecule has 0 aromatic carbocycles. The molecule has 2 aliphatic rings. The molecule has 0 aromatic heterocycles. The molecule has 0 aromatic rings. The average molecular weight is 182 g/mol. The molecule has 0 bridgehead atoms. The molecule has 1 fully saturated rings. The summed E-state index contributed by atoms with van der Waals surface area (Å²) in [7, 11) is 0. The van der Waals surface area contributed by atoms with Crippen molar-refractivity contribution in [2.24, 2.45) is 11.8 Å². The third-order valence-electron chi connectivity index (χ3n) is 3.70. The van der Waals surface area contributed by atoms with Crippen LogP contribution < -0.4 is 0 Å². The van der Waals surface area contributed by atoms with Crippen LogP contribution in [0.2, 0.25) is 0 Å². The molecule has 2 heteroatoms. The van der Waals surface area contributed by atoms with Crippen LogP contribution in [0.1, 0.15) is 32.6 Å². The lowest BCUT2D eigenvalue weighted by atomic mass is 9.78. The lowest BCUT2D eigenvalue weighted by molar-refractivity contribution is 0.0271. The fraction of sp³-hybridized carbons (Fsp3) is 0.818. The molecule has 0 heterocycles. The Morgan fingerprint density at radius 3 is 3.00 bits per heavy atom. The summed E-state index contributed by atoms with van der Waals surface area (Å²) in [5, 5.41) is 19.1. The predicted molar refractivity (Wildman–Crippen MR) is 51.2 cm³/mol. The van der Waals surface area contributed by atoms with Crippen molar-refractivity contribution in [3.8, 4) is 0 Å². The van der Waals surface area contributed by atoms with Gasteiger partial charge in [-0.25, -0.2) is 0 Å². The summed E-state index contributed by atoms with van der Waals surface area (Å²) in [5.41, 5.74) is 0.592. The fourth-order valence-corrected chi connectivity index (χ4v) is 2.81. The molecule has 0 amide bonds. The lowest BCUT2D eigenvalue weighted by Crippen LogP contribution is -2.32. The summed E-state index contributed by atoms with van der Waals surface area (Å²) < 4.78 is 0. The van der Waals surface area contributed by atoms with Crippen LogP contribution in [0.25, 0.3) is 0 Å². The van der Waals surface area contributed by atoms with E-state index in [9.17, 15) is 5.11 Å². The number of rotatable bonds is 1. The molecule has 3 atom stereocenters. The van der Waals surface area contributed by atoms with Crippen molar-refractivity contribution < 1.29 is 10.2 Å². The summed E-state index contributed by atoms with van der Waals surface area (Å²) >= 11 is 0. The quantitative estimate of drug-likeness (QED) is 0.603. The Morgan fingerprint density at radius 2 is 2.31 bits per heavy atom. The second kappa shape index (κ2) is 3.10. The van der Waals surface area contributed by atoms with Crippen LogP contribution in [0, 0.1) is 11.8 Å². The van der Waals surface area contributed by atoms with Crippen molar-refractivity contribution in [3.63, 3.8) is 0 Å². The Kier molecular flexibility index (Phi) is 2.20. The van der Waals surface area contributed by atoms with E-state index in [1.54, 1.807) is 0 Å². The number of hydrogen-bond acceptors (Lipinski definition) is 2. The highest BCUT2D eigenvalue weighted by atomic mass is 16.3. The Balaban J connectivity index is 2.21. The zero-order valence-corrected chi connectivity index (χ0v) is 8.16. The maximum absolute atomic E-state index is 10.1. The summed E-state index contributed by atoms with van der Waals surface area (Å²) in [6.45, 7) is 2.09. The first-order valence-corrected chi connectivity index (χ1v) is 5.16. The summed E-state index contributed by atoms with van der Waals surface area (Å²) in [6.07, 6.45) is 6.34. The van der Waals surface area contributed by atoms with E-state index >= 15 is 0 Å². The smallest absolute Gasteiger partial charge is 0.0684 e. The van der Waals surface area contributed by atoms with Gasteiger partial charge in [-0.1, -0.05) is 6.08 Å². The molecule has 0 aliphatic heterocycles. The van der Waals surface area contributed by atoms with Crippen LogP contribution in [-0.4, -0.2) is 22.4 Å². The minimum atomic E-state index is -0.522. The second-order valence-corrected chi connectivity index (χ2v) is 4.70. The first kappa shape index (κ1) is 9.22. The van der Waals surface area contributed by atoms with Gasteiger partial charge in [-0.05, 0) is 44.1 Å². The average Bonchev–Trinajstić information content (AvgIpc) is 2.42. The topological polar surface area (TPSA) is 40.5 Å². The third kappa shape index (κ3) is 1.53. The van der Waals surface area contributed by atoms with E-state index in [-0.39, 0.29) is 6.61 Å². The molecule has 0 unspecified atom stereocenters. The van der Waals surface area contributed by atoms with Crippen molar-refractivity contribution >= 4 is 0 Å². The highest BCUT2D eigenvalue weighted by molar-refractivity contribution is 5.16.